The van der Waals surface area contributed by atoms with E-state index in [-0.39, 0.29) is 6.29 Å². The molecule has 0 amide bonds. The number of benzene rings is 1. The van der Waals surface area contributed by atoms with Gasteiger partial charge in [0.1, 0.15) is 0 Å². The summed E-state index contributed by atoms with van der Waals surface area (Å²) in [4.78, 5) is 0. The lowest BCUT2D eigenvalue weighted by Crippen LogP contribution is -2.26. The van der Waals surface area contributed by atoms with Crippen molar-refractivity contribution >= 4 is 5.69 Å². The lowest BCUT2D eigenvalue weighted by molar-refractivity contribution is -0.126. The SMILES string of the molecule is CCOC(CNc1ccccc1)OCC. The van der Waals surface area contributed by atoms with Crippen molar-refractivity contribution in [2.75, 3.05) is 25.1 Å². The van der Waals surface area contributed by atoms with Crippen LogP contribution < -0.4 is 5.32 Å². The molecular weight excluding hydrogens is 190 g/mol. The van der Waals surface area contributed by atoms with Crippen molar-refractivity contribution in [3.8, 4) is 0 Å². The van der Waals surface area contributed by atoms with Crippen LogP contribution in [0.2, 0.25) is 0 Å². The molecule has 0 bridgehead atoms. The van der Waals surface area contributed by atoms with Crippen LogP contribution in [0.25, 0.3) is 0 Å². The van der Waals surface area contributed by atoms with Gasteiger partial charge in [-0.1, -0.05) is 18.2 Å². The zero-order valence-electron chi connectivity index (χ0n) is 9.40. The number of hydrogen-bond acceptors (Lipinski definition) is 3. The van der Waals surface area contributed by atoms with Crippen molar-refractivity contribution in [3.63, 3.8) is 0 Å². The van der Waals surface area contributed by atoms with Gasteiger partial charge in [-0.15, -0.1) is 0 Å². The molecule has 0 unspecified atom stereocenters. The fourth-order valence-corrected chi connectivity index (χ4v) is 1.29. The topological polar surface area (TPSA) is 30.5 Å². The van der Waals surface area contributed by atoms with E-state index in [1.807, 2.05) is 44.2 Å². The molecule has 0 aliphatic carbocycles. The highest BCUT2D eigenvalue weighted by atomic mass is 16.7. The maximum absolute atomic E-state index is 5.42. The fourth-order valence-electron chi connectivity index (χ4n) is 1.29. The number of nitrogens with one attached hydrogen (secondary N) is 1. The first-order valence-corrected chi connectivity index (χ1v) is 5.39. The molecule has 84 valence electrons. The van der Waals surface area contributed by atoms with Crippen molar-refractivity contribution in [2.24, 2.45) is 0 Å². The third-order valence-electron chi connectivity index (χ3n) is 1.95. The van der Waals surface area contributed by atoms with Gasteiger partial charge in [-0.3, -0.25) is 0 Å². The monoisotopic (exact) mass is 209 g/mol. The van der Waals surface area contributed by atoms with Gasteiger partial charge in [0.25, 0.3) is 0 Å². The Morgan fingerprint density at radius 1 is 1.07 bits per heavy atom. The van der Waals surface area contributed by atoms with Crippen molar-refractivity contribution in [1.29, 1.82) is 0 Å². The average molecular weight is 209 g/mol. The molecule has 0 aliphatic heterocycles. The molecule has 0 spiro atoms. The number of rotatable bonds is 7. The van der Waals surface area contributed by atoms with Gasteiger partial charge in [0.05, 0.1) is 6.54 Å². The van der Waals surface area contributed by atoms with E-state index in [0.717, 1.165) is 5.69 Å². The van der Waals surface area contributed by atoms with Gasteiger partial charge in [0.2, 0.25) is 0 Å². The molecular formula is C12H19NO2. The lowest BCUT2D eigenvalue weighted by atomic mass is 10.3. The fraction of sp³-hybridized carbons (Fsp3) is 0.500. The Morgan fingerprint density at radius 2 is 1.67 bits per heavy atom. The van der Waals surface area contributed by atoms with Crippen LogP contribution in [0.4, 0.5) is 5.69 Å². The quantitative estimate of drug-likeness (QED) is 0.700. The van der Waals surface area contributed by atoms with Crippen molar-refractivity contribution < 1.29 is 9.47 Å². The number of para-hydroxylation sites is 1. The van der Waals surface area contributed by atoms with Crippen LogP contribution in [-0.2, 0) is 9.47 Å². The molecule has 0 aromatic heterocycles. The van der Waals surface area contributed by atoms with Crippen LogP contribution in [0.5, 0.6) is 0 Å². The highest BCUT2D eigenvalue weighted by Crippen LogP contribution is 2.06. The number of hydrogen-bond donors (Lipinski definition) is 1. The number of ether oxygens (including phenoxy) is 2. The summed E-state index contributed by atoms with van der Waals surface area (Å²) in [5.41, 5.74) is 1.09. The van der Waals surface area contributed by atoms with Crippen molar-refractivity contribution in [2.45, 2.75) is 20.1 Å². The lowest BCUT2D eigenvalue weighted by Gasteiger charge is -2.17. The van der Waals surface area contributed by atoms with E-state index < -0.39 is 0 Å². The Hall–Kier alpha value is -1.06. The highest BCUT2D eigenvalue weighted by molar-refractivity contribution is 5.42. The Bertz CT molecular complexity index is 245. The normalized spacial score (nSPS) is 10.6. The van der Waals surface area contributed by atoms with Gasteiger partial charge in [0, 0.05) is 18.9 Å². The minimum absolute atomic E-state index is 0.166. The second-order valence-corrected chi connectivity index (χ2v) is 3.09. The first-order valence-electron chi connectivity index (χ1n) is 5.39. The number of anilines is 1. The summed E-state index contributed by atoms with van der Waals surface area (Å²) in [7, 11) is 0. The van der Waals surface area contributed by atoms with Gasteiger partial charge >= 0.3 is 0 Å². The third kappa shape index (κ3) is 4.81. The first-order chi connectivity index (χ1) is 7.36. The van der Waals surface area contributed by atoms with Gasteiger partial charge in [0.15, 0.2) is 6.29 Å². The van der Waals surface area contributed by atoms with E-state index in [4.69, 9.17) is 9.47 Å². The molecule has 0 aliphatic rings. The minimum Gasteiger partial charge on any atom is -0.380 e. The van der Waals surface area contributed by atoms with Crippen LogP contribution in [0.3, 0.4) is 0 Å². The second-order valence-electron chi connectivity index (χ2n) is 3.09. The van der Waals surface area contributed by atoms with Crippen LogP contribution in [0.15, 0.2) is 30.3 Å². The summed E-state index contributed by atoms with van der Waals surface area (Å²) in [6.45, 7) is 5.94. The first kappa shape index (κ1) is 12.0. The molecule has 3 nitrogen and oxygen atoms in total. The standard InChI is InChI=1S/C12H19NO2/c1-3-14-12(15-4-2)10-13-11-8-6-5-7-9-11/h5-9,12-13H,3-4,10H2,1-2H3. The Morgan fingerprint density at radius 3 is 2.20 bits per heavy atom. The average Bonchev–Trinajstić information content (AvgIpc) is 2.28. The summed E-state index contributed by atoms with van der Waals surface area (Å²) >= 11 is 0. The summed E-state index contributed by atoms with van der Waals surface area (Å²) in [5, 5.41) is 3.26. The van der Waals surface area contributed by atoms with Gasteiger partial charge in [-0.25, -0.2) is 0 Å². The summed E-state index contributed by atoms with van der Waals surface area (Å²) in [5.74, 6) is 0. The smallest absolute Gasteiger partial charge is 0.174 e. The molecule has 0 saturated carbocycles. The van der Waals surface area contributed by atoms with E-state index >= 15 is 0 Å². The van der Waals surface area contributed by atoms with Crippen molar-refractivity contribution in [3.05, 3.63) is 30.3 Å². The minimum atomic E-state index is -0.166. The molecule has 0 atom stereocenters. The Kier molecular flexibility index (Phi) is 5.81. The summed E-state index contributed by atoms with van der Waals surface area (Å²) < 4.78 is 10.8. The Labute approximate surface area is 91.4 Å². The highest BCUT2D eigenvalue weighted by Gasteiger charge is 2.06. The summed E-state index contributed by atoms with van der Waals surface area (Å²) in [6, 6.07) is 10.0. The largest absolute Gasteiger partial charge is 0.380 e. The van der Waals surface area contributed by atoms with Gasteiger partial charge in [-0.2, -0.15) is 0 Å². The third-order valence-corrected chi connectivity index (χ3v) is 1.95. The van der Waals surface area contributed by atoms with E-state index in [1.54, 1.807) is 0 Å². The molecule has 0 heterocycles. The van der Waals surface area contributed by atoms with Gasteiger partial charge in [-0.05, 0) is 26.0 Å². The van der Waals surface area contributed by atoms with E-state index in [9.17, 15) is 0 Å². The molecule has 0 radical (unpaired) electrons. The zero-order valence-corrected chi connectivity index (χ0v) is 9.40. The molecule has 3 heteroatoms. The van der Waals surface area contributed by atoms with Crippen LogP contribution in [-0.4, -0.2) is 26.0 Å². The van der Waals surface area contributed by atoms with Crippen LogP contribution in [0, 0.1) is 0 Å². The predicted octanol–water partition coefficient (Wildman–Crippen LogP) is 2.50. The second kappa shape index (κ2) is 7.26. The maximum Gasteiger partial charge on any atom is 0.174 e. The molecule has 15 heavy (non-hydrogen) atoms. The molecule has 1 aromatic rings. The Balaban J connectivity index is 2.33. The molecule has 1 aromatic carbocycles. The molecule has 1 N–H and O–H groups in total. The van der Waals surface area contributed by atoms with E-state index in [0.29, 0.717) is 19.8 Å². The van der Waals surface area contributed by atoms with E-state index in [1.165, 1.54) is 0 Å². The zero-order chi connectivity index (χ0) is 10.9. The van der Waals surface area contributed by atoms with Crippen molar-refractivity contribution in [1.82, 2.24) is 0 Å². The van der Waals surface area contributed by atoms with Crippen LogP contribution in [0.1, 0.15) is 13.8 Å². The van der Waals surface area contributed by atoms with E-state index in [2.05, 4.69) is 5.32 Å². The predicted molar refractivity (Wildman–Crippen MR) is 62.0 cm³/mol. The molecule has 0 saturated heterocycles. The summed E-state index contributed by atoms with van der Waals surface area (Å²) in [6.07, 6.45) is -0.166. The molecule has 0 fully saturated rings. The van der Waals surface area contributed by atoms with Crippen LogP contribution >= 0.6 is 0 Å². The maximum atomic E-state index is 5.42. The molecule has 1 rings (SSSR count). The van der Waals surface area contributed by atoms with Gasteiger partial charge < -0.3 is 14.8 Å².